The highest BCUT2D eigenvalue weighted by molar-refractivity contribution is 6.03. The zero-order valence-electron chi connectivity index (χ0n) is 15.5. The van der Waals surface area contributed by atoms with Crippen LogP contribution in [0.15, 0.2) is 57.9 Å². The molecule has 0 spiro atoms. The van der Waals surface area contributed by atoms with E-state index in [1.165, 1.54) is 6.20 Å². The fourth-order valence-corrected chi connectivity index (χ4v) is 3.46. The van der Waals surface area contributed by atoms with Gasteiger partial charge in [-0.3, -0.25) is 9.48 Å². The van der Waals surface area contributed by atoms with E-state index in [0.29, 0.717) is 46.9 Å². The second-order valence-electron chi connectivity index (χ2n) is 6.76. The fraction of sp³-hybridized carbons (Fsp3) is 0.190. The van der Waals surface area contributed by atoms with Gasteiger partial charge in [0.2, 0.25) is 5.91 Å². The van der Waals surface area contributed by atoms with Gasteiger partial charge in [0.05, 0.1) is 11.7 Å². The first-order valence-electron chi connectivity index (χ1n) is 9.21. The highest BCUT2D eigenvalue weighted by Gasteiger charge is 2.22. The van der Waals surface area contributed by atoms with E-state index < -0.39 is 11.7 Å². The molecule has 5 rings (SSSR count). The van der Waals surface area contributed by atoms with E-state index in [0.717, 1.165) is 5.39 Å². The summed E-state index contributed by atoms with van der Waals surface area (Å²) in [7, 11) is 0. The summed E-state index contributed by atoms with van der Waals surface area (Å²) in [6.07, 6.45) is 1.43. The predicted octanol–water partition coefficient (Wildman–Crippen LogP) is 3.11. The average molecular weight is 391 g/mol. The molecule has 1 aliphatic heterocycles. The highest BCUT2D eigenvalue weighted by atomic mass is 16.6. The van der Waals surface area contributed by atoms with Crippen molar-refractivity contribution in [1.82, 2.24) is 9.78 Å². The van der Waals surface area contributed by atoms with Crippen molar-refractivity contribution < 1.29 is 18.7 Å². The number of amides is 1. The van der Waals surface area contributed by atoms with Gasteiger partial charge in [-0.05, 0) is 31.2 Å². The number of aromatic nitrogens is 2. The number of nitrogens with zero attached hydrogens (tertiary/aromatic N) is 2. The minimum absolute atomic E-state index is 0.274. The summed E-state index contributed by atoms with van der Waals surface area (Å²) < 4.78 is 17.9. The predicted molar refractivity (Wildman–Crippen MR) is 107 cm³/mol. The third-order valence-corrected chi connectivity index (χ3v) is 4.92. The number of para-hydroxylation sites is 1. The molecule has 1 aliphatic rings. The lowest BCUT2D eigenvalue weighted by atomic mass is 10.2. The van der Waals surface area contributed by atoms with Gasteiger partial charge in [0.1, 0.15) is 30.2 Å². The zero-order valence-corrected chi connectivity index (χ0v) is 15.5. The number of carbonyl (C=O) groups excluding carboxylic acids is 1. The molecular weight excluding hydrogens is 374 g/mol. The number of ether oxygens (including phenoxy) is 2. The number of carbonyl (C=O) groups is 1. The Morgan fingerprint density at radius 3 is 2.76 bits per heavy atom. The largest absolute Gasteiger partial charge is 0.486 e. The van der Waals surface area contributed by atoms with Crippen molar-refractivity contribution in [3.63, 3.8) is 0 Å². The quantitative estimate of drug-likeness (QED) is 0.539. The first-order chi connectivity index (χ1) is 14.1. The van der Waals surface area contributed by atoms with E-state index in [4.69, 9.17) is 13.9 Å². The van der Waals surface area contributed by atoms with E-state index in [9.17, 15) is 9.59 Å². The van der Waals surface area contributed by atoms with Crippen LogP contribution in [0, 0.1) is 0 Å². The third kappa shape index (κ3) is 2.89. The van der Waals surface area contributed by atoms with Crippen LogP contribution in [0.5, 0.6) is 11.5 Å². The van der Waals surface area contributed by atoms with Crippen LogP contribution in [0.4, 0.5) is 5.69 Å². The van der Waals surface area contributed by atoms with Crippen molar-refractivity contribution in [3.8, 4) is 11.5 Å². The molecule has 1 amide bonds. The summed E-state index contributed by atoms with van der Waals surface area (Å²) in [6, 6.07) is 11.8. The molecule has 3 heterocycles. The maximum Gasteiger partial charge on any atom is 0.347 e. The first kappa shape index (κ1) is 17.3. The molecule has 29 heavy (non-hydrogen) atoms. The van der Waals surface area contributed by atoms with E-state index in [-0.39, 0.29) is 5.91 Å². The van der Waals surface area contributed by atoms with Crippen molar-refractivity contribution >= 4 is 33.5 Å². The molecule has 0 aliphatic carbocycles. The Kier molecular flexibility index (Phi) is 3.97. The molecule has 1 N–H and O–H groups in total. The van der Waals surface area contributed by atoms with Crippen molar-refractivity contribution in [3.05, 3.63) is 59.1 Å². The van der Waals surface area contributed by atoms with E-state index in [1.54, 1.807) is 41.9 Å². The summed E-state index contributed by atoms with van der Waals surface area (Å²) in [5.41, 5.74) is 1.13. The average Bonchev–Trinajstić information content (AvgIpc) is 3.19. The van der Waals surface area contributed by atoms with Crippen molar-refractivity contribution in [2.75, 3.05) is 18.5 Å². The number of rotatable bonds is 3. The molecule has 1 atom stereocenters. The van der Waals surface area contributed by atoms with Crippen molar-refractivity contribution in [2.45, 2.75) is 13.0 Å². The smallest absolute Gasteiger partial charge is 0.347 e. The van der Waals surface area contributed by atoms with E-state index >= 15 is 0 Å². The fourth-order valence-electron chi connectivity index (χ4n) is 3.46. The molecule has 0 bridgehead atoms. The van der Waals surface area contributed by atoms with E-state index in [2.05, 4.69) is 10.4 Å². The number of fused-ring (bicyclic) bond motifs is 4. The monoisotopic (exact) mass is 391 g/mol. The van der Waals surface area contributed by atoms with Crippen LogP contribution >= 0.6 is 0 Å². The lowest BCUT2D eigenvalue weighted by Crippen LogP contribution is -2.24. The summed E-state index contributed by atoms with van der Waals surface area (Å²) in [5.74, 6) is 0.970. The highest BCUT2D eigenvalue weighted by Crippen LogP contribution is 2.33. The molecule has 2 aromatic heterocycles. The zero-order chi connectivity index (χ0) is 20.0. The van der Waals surface area contributed by atoms with Crippen LogP contribution < -0.4 is 20.4 Å². The van der Waals surface area contributed by atoms with Gasteiger partial charge in [0.15, 0.2) is 11.5 Å². The van der Waals surface area contributed by atoms with Crippen molar-refractivity contribution in [1.29, 1.82) is 0 Å². The molecule has 8 heteroatoms. The van der Waals surface area contributed by atoms with Crippen LogP contribution in [-0.2, 0) is 4.79 Å². The van der Waals surface area contributed by atoms with Crippen LogP contribution in [0.3, 0.4) is 0 Å². The Hall–Kier alpha value is -3.81. The lowest BCUT2D eigenvalue weighted by molar-refractivity contribution is -0.118. The van der Waals surface area contributed by atoms with Crippen LogP contribution in [0.25, 0.3) is 21.9 Å². The molecule has 0 fully saturated rings. The normalized spacial score (nSPS) is 14.1. The van der Waals surface area contributed by atoms with E-state index in [1.807, 2.05) is 12.1 Å². The first-order valence-corrected chi connectivity index (χ1v) is 9.21. The van der Waals surface area contributed by atoms with Crippen LogP contribution in [0.2, 0.25) is 0 Å². The Labute approximate surface area is 164 Å². The maximum absolute atomic E-state index is 12.9. The molecule has 4 aromatic rings. The number of hydrogen-bond acceptors (Lipinski definition) is 6. The molecule has 0 saturated heterocycles. The van der Waals surface area contributed by atoms with Gasteiger partial charge in [-0.25, -0.2) is 4.79 Å². The number of benzene rings is 2. The topological polar surface area (TPSA) is 95.6 Å². The number of anilines is 1. The minimum Gasteiger partial charge on any atom is -0.486 e. The van der Waals surface area contributed by atoms with Gasteiger partial charge >= 0.3 is 5.63 Å². The molecule has 146 valence electrons. The second-order valence-corrected chi connectivity index (χ2v) is 6.76. The van der Waals surface area contributed by atoms with Crippen LogP contribution in [-0.4, -0.2) is 28.9 Å². The van der Waals surface area contributed by atoms with Gasteiger partial charge < -0.3 is 19.2 Å². The number of nitrogens with one attached hydrogen (secondary N) is 1. The SMILES string of the molecule is CC(C(=O)Nc1ccc2c(c1)OCCO2)n1ncc2c(=O)oc3ccccc3c21. The van der Waals surface area contributed by atoms with Crippen LogP contribution in [0.1, 0.15) is 13.0 Å². The summed E-state index contributed by atoms with van der Waals surface area (Å²) in [4.78, 5) is 25.2. The van der Waals surface area contributed by atoms with Gasteiger partial charge in [-0.2, -0.15) is 5.10 Å². The number of hydrogen-bond donors (Lipinski definition) is 1. The lowest BCUT2D eigenvalue weighted by Gasteiger charge is -2.19. The van der Waals surface area contributed by atoms with Crippen molar-refractivity contribution in [2.24, 2.45) is 0 Å². The Morgan fingerprint density at radius 1 is 1.10 bits per heavy atom. The maximum atomic E-state index is 12.9. The minimum atomic E-state index is -0.661. The molecule has 2 aromatic carbocycles. The summed E-state index contributed by atoms with van der Waals surface area (Å²) in [5, 5.41) is 8.22. The summed E-state index contributed by atoms with van der Waals surface area (Å²) in [6.45, 7) is 2.70. The molecule has 1 unspecified atom stereocenters. The van der Waals surface area contributed by atoms with Gasteiger partial charge in [-0.15, -0.1) is 0 Å². The third-order valence-electron chi connectivity index (χ3n) is 4.92. The Balaban J connectivity index is 1.50. The standard InChI is InChI=1S/C21H17N3O5/c1-12(20(25)23-13-6-7-17-18(10-13)28-9-8-27-17)24-19-14-4-2-3-5-16(14)29-21(26)15(19)11-22-24/h2-7,10-12H,8-9H2,1H3,(H,23,25). The van der Waals surface area contributed by atoms with Gasteiger partial charge in [0.25, 0.3) is 0 Å². The molecular formula is C21H17N3O5. The molecule has 0 saturated carbocycles. The van der Waals surface area contributed by atoms with Gasteiger partial charge in [0, 0.05) is 17.1 Å². The molecule has 8 nitrogen and oxygen atoms in total. The Bertz CT molecular complexity index is 1310. The second kappa shape index (κ2) is 6.66. The van der Waals surface area contributed by atoms with Gasteiger partial charge in [-0.1, -0.05) is 12.1 Å². The Morgan fingerprint density at radius 2 is 1.90 bits per heavy atom. The molecule has 0 radical (unpaired) electrons. The summed E-state index contributed by atoms with van der Waals surface area (Å²) >= 11 is 0.